The molecule has 3 rings (SSSR count). The Balaban J connectivity index is 2.09. The molecule has 0 saturated carbocycles. The molecule has 2 heterocycles. The molecule has 0 fully saturated rings. The fourth-order valence-corrected chi connectivity index (χ4v) is 4.43. The molecule has 0 aliphatic rings. The lowest BCUT2D eigenvalue weighted by Crippen LogP contribution is -2.15. The molecule has 0 bridgehead atoms. The summed E-state index contributed by atoms with van der Waals surface area (Å²) >= 11 is 1.10. The number of rotatable bonds is 5. The van der Waals surface area contributed by atoms with Crippen molar-refractivity contribution >= 4 is 43.2 Å². The van der Waals surface area contributed by atoms with Gasteiger partial charge in [0, 0.05) is 11.6 Å². The molecule has 0 saturated heterocycles. The van der Waals surface area contributed by atoms with E-state index in [4.69, 9.17) is 4.74 Å². The lowest BCUT2D eigenvalue weighted by molar-refractivity contribution is 0.0533. The van der Waals surface area contributed by atoms with E-state index < -0.39 is 16.0 Å². The van der Waals surface area contributed by atoms with Crippen LogP contribution in [-0.2, 0) is 14.8 Å². The zero-order valence-electron chi connectivity index (χ0n) is 13.6. The van der Waals surface area contributed by atoms with E-state index in [0.29, 0.717) is 10.2 Å². The number of hydrogen-bond donors (Lipinski definition) is 1. The van der Waals surface area contributed by atoms with Crippen molar-refractivity contribution in [3.05, 3.63) is 53.0 Å². The highest BCUT2D eigenvalue weighted by atomic mass is 32.2. The van der Waals surface area contributed by atoms with Gasteiger partial charge in [-0.25, -0.2) is 18.2 Å². The minimum atomic E-state index is -3.84. The first kappa shape index (κ1) is 17.4. The molecule has 3 aromatic rings. The predicted molar refractivity (Wildman–Crippen MR) is 97.6 cm³/mol. The van der Waals surface area contributed by atoms with E-state index in [1.165, 1.54) is 12.1 Å². The summed E-state index contributed by atoms with van der Waals surface area (Å²) in [7, 11) is -3.84. The van der Waals surface area contributed by atoms with Gasteiger partial charge in [-0.3, -0.25) is 4.72 Å². The summed E-state index contributed by atoms with van der Waals surface area (Å²) in [5.41, 5.74) is 1.16. The van der Waals surface area contributed by atoms with E-state index in [2.05, 4.69) is 9.71 Å². The Morgan fingerprint density at radius 1 is 1.24 bits per heavy atom. The fraction of sp³-hybridized carbons (Fsp3) is 0.176. The van der Waals surface area contributed by atoms with Crippen LogP contribution in [0.15, 0.2) is 47.5 Å². The first-order valence-electron chi connectivity index (χ1n) is 7.56. The van der Waals surface area contributed by atoms with Crippen molar-refractivity contribution in [2.45, 2.75) is 18.7 Å². The van der Waals surface area contributed by atoms with Crippen molar-refractivity contribution < 1.29 is 17.9 Å². The second-order valence-electron chi connectivity index (χ2n) is 5.30. The summed E-state index contributed by atoms with van der Waals surface area (Å²) in [5, 5.41) is 0.561. The van der Waals surface area contributed by atoms with Crippen molar-refractivity contribution in [1.29, 1.82) is 0 Å². The molecule has 1 aromatic carbocycles. The topological polar surface area (TPSA) is 85.4 Å². The molecular weight excluding hydrogens is 360 g/mol. The number of carbonyl (C=O) groups is 1. The Morgan fingerprint density at radius 2 is 1.96 bits per heavy atom. The number of nitrogens with zero attached hydrogens (tertiary/aromatic N) is 1. The van der Waals surface area contributed by atoms with Crippen molar-refractivity contribution in [3.63, 3.8) is 0 Å². The number of thiophene rings is 1. The molecule has 130 valence electrons. The fourth-order valence-electron chi connectivity index (χ4n) is 2.28. The minimum absolute atomic E-state index is 0.121. The number of nitrogens with one attached hydrogen (secondary N) is 1. The number of ether oxygens (including phenoxy) is 1. The number of aromatic nitrogens is 1. The zero-order chi connectivity index (χ0) is 18.0. The van der Waals surface area contributed by atoms with Crippen LogP contribution in [0.5, 0.6) is 0 Å². The van der Waals surface area contributed by atoms with Gasteiger partial charge in [0.1, 0.15) is 9.71 Å². The molecule has 0 spiro atoms. The Bertz CT molecular complexity index is 1020. The van der Waals surface area contributed by atoms with Crippen LogP contribution in [0.25, 0.3) is 10.2 Å². The van der Waals surface area contributed by atoms with Crippen LogP contribution >= 0.6 is 11.3 Å². The second-order valence-corrected chi connectivity index (χ2v) is 7.98. The molecular formula is C17H16N2O4S2. The second kappa shape index (κ2) is 6.81. The Hall–Kier alpha value is -2.45. The van der Waals surface area contributed by atoms with Gasteiger partial charge >= 0.3 is 5.97 Å². The molecule has 0 atom stereocenters. The highest BCUT2D eigenvalue weighted by Crippen LogP contribution is 2.36. The third-order valence-corrected chi connectivity index (χ3v) is 5.95. The largest absolute Gasteiger partial charge is 0.462 e. The predicted octanol–water partition coefficient (Wildman–Crippen LogP) is 3.58. The van der Waals surface area contributed by atoms with Gasteiger partial charge in [-0.05, 0) is 38.1 Å². The number of pyridine rings is 1. The highest BCUT2D eigenvalue weighted by Gasteiger charge is 2.24. The lowest BCUT2D eigenvalue weighted by Gasteiger charge is -2.09. The summed E-state index contributed by atoms with van der Waals surface area (Å²) < 4.78 is 33.0. The van der Waals surface area contributed by atoms with Gasteiger partial charge in [-0.15, -0.1) is 11.3 Å². The number of hydrogen-bond acceptors (Lipinski definition) is 6. The summed E-state index contributed by atoms with van der Waals surface area (Å²) in [6.45, 7) is 3.77. The van der Waals surface area contributed by atoms with E-state index in [1.807, 2.05) is 6.92 Å². The van der Waals surface area contributed by atoms with Crippen LogP contribution in [-0.4, -0.2) is 26.0 Å². The molecule has 0 amide bonds. The summed E-state index contributed by atoms with van der Waals surface area (Å²) in [6.07, 6.45) is 1.59. The van der Waals surface area contributed by atoms with Crippen LogP contribution in [0, 0.1) is 6.92 Å². The molecule has 8 heteroatoms. The van der Waals surface area contributed by atoms with Crippen molar-refractivity contribution in [2.75, 3.05) is 11.3 Å². The number of sulfonamides is 1. The number of fused-ring (bicyclic) bond motifs is 1. The maximum absolute atomic E-state index is 12.7. The van der Waals surface area contributed by atoms with E-state index in [0.717, 1.165) is 16.9 Å². The minimum Gasteiger partial charge on any atom is -0.462 e. The van der Waals surface area contributed by atoms with E-state index in [9.17, 15) is 13.2 Å². The Morgan fingerprint density at radius 3 is 2.64 bits per heavy atom. The van der Waals surface area contributed by atoms with Crippen molar-refractivity contribution in [3.8, 4) is 0 Å². The summed E-state index contributed by atoms with van der Waals surface area (Å²) in [4.78, 5) is 17.3. The standard InChI is InChI=1S/C17H16N2O4S2/c1-3-23-17(20)15-14(13-5-4-10-18-16(13)24-15)19-25(21,22)12-8-6-11(2)7-9-12/h4-10,19H,3H2,1-2H3. The van der Waals surface area contributed by atoms with Gasteiger partial charge in [-0.1, -0.05) is 17.7 Å². The number of carbonyl (C=O) groups excluding carboxylic acids is 1. The van der Waals surface area contributed by atoms with Crippen LogP contribution in [0.4, 0.5) is 5.69 Å². The van der Waals surface area contributed by atoms with E-state index in [-0.39, 0.29) is 22.1 Å². The molecule has 25 heavy (non-hydrogen) atoms. The molecule has 0 unspecified atom stereocenters. The average molecular weight is 376 g/mol. The molecule has 0 aliphatic heterocycles. The summed E-state index contributed by atoms with van der Waals surface area (Å²) in [6, 6.07) is 9.88. The van der Waals surface area contributed by atoms with Gasteiger partial charge in [0.05, 0.1) is 17.2 Å². The highest BCUT2D eigenvalue weighted by molar-refractivity contribution is 7.92. The molecule has 2 aromatic heterocycles. The smallest absolute Gasteiger partial charge is 0.350 e. The van der Waals surface area contributed by atoms with E-state index >= 15 is 0 Å². The van der Waals surface area contributed by atoms with Crippen LogP contribution in [0.1, 0.15) is 22.2 Å². The van der Waals surface area contributed by atoms with Gasteiger partial charge in [0.25, 0.3) is 10.0 Å². The van der Waals surface area contributed by atoms with Gasteiger partial charge in [-0.2, -0.15) is 0 Å². The Kier molecular flexibility index (Phi) is 4.73. The maximum Gasteiger partial charge on any atom is 0.350 e. The quantitative estimate of drug-likeness (QED) is 0.688. The SMILES string of the molecule is CCOC(=O)c1sc2ncccc2c1NS(=O)(=O)c1ccc(C)cc1. The molecule has 0 aliphatic carbocycles. The normalized spacial score (nSPS) is 11.4. The van der Waals surface area contributed by atoms with E-state index in [1.54, 1.807) is 37.4 Å². The van der Waals surface area contributed by atoms with Crippen LogP contribution in [0.3, 0.4) is 0 Å². The monoisotopic (exact) mass is 376 g/mol. The average Bonchev–Trinajstić information content (AvgIpc) is 2.94. The van der Waals surface area contributed by atoms with Crippen molar-refractivity contribution in [1.82, 2.24) is 4.98 Å². The van der Waals surface area contributed by atoms with Gasteiger partial charge < -0.3 is 4.74 Å². The Labute approximate surface area is 149 Å². The zero-order valence-corrected chi connectivity index (χ0v) is 15.3. The third-order valence-electron chi connectivity index (χ3n) is 3.49. The van der Waals surface area contributed by atoms with Crippen LogP contribution in [0.2, 0.25) is 0 Å². The van der Waals surface area contributed by atoms with Gasteiger partial charge in [0.15, 0.2) is 0 Å². The van der Waals surface area contributed by atoms with Crippen molar-refractivity contribution in [2.24, 2.45) is 0 Å². The van der Waals surface area contributed by atoms with Gasteiger partial charge in [0.2, 0.25) is 0 Å². The number of benzene rings is 1. The molecule has 6 nitrogen and oxygen atoms in total. The molecule has 1 N–H and O–H groups in total. The lowest BCUT2D eigenvalue weighted by atomic mass is 10.2. The first-order valence-corrected chi connectivity index (χ1v) is 9.86. The van der Waals surface area contributed by atoms with Crippen LogP contribution < -0.4 is 4.72 Å². The number of anilines is 1. The first-order chi connectivity index (χ1) is 11.9. The number of esters is 1. The number of aryl methyl sites for hydroxylation is 1. The summed E-state index contributed by atoms with van der Waals surface area (Å²) in [5.74, 6) is -0.577. The molecule has 0 radical (unpaired) electrons. The maximum atomic E-state index is 12.7. The third kappa shape index (κ3) is 3.49.